The molecule has 1 aromatic carbocycles. The number of amides is 1. The van der Waals surface area contributed by atoms with Crippen LogP contribution in [0.1, 0.15) is 46.7 Å². The highest BCUT2D eigenvalue weighted by Crippen LogP contribution is 2.32. The number of hydrogen-bond acceptors (Lipinski definition) is 7. The van der Waals surface area contributed by atoms with Gasteiger partial charge in [0.05, 0.1) is 18.7 Å². The van der Waals surface area contributed by atoms with Gasteiger partial charge in [-0.15, -0.1) is 0 Å². The minimum absolute atomic E-state index is 0.254. The first-order chi connectivity index (χ1) is 14.5. The van der Waals surface area contributed by atoms with E-state index in [9.17, 15) is 14.4 Å². The number of piperidine rings is 1. The summed E-state index contributed by atoms with van der Waals surface area (Å²) >= 11 is 0. The summed E-state index contributed by atoms with van der Waals surface area (Å²) in [4.78, 5) is 52.5. The number of ether oxygens (including phenoxy) is 1. The number of carbonyl (C=O) groups is 3. The van der Waals surface area contributed by atoms with Crippen LogP contribution in [0.2, 0.25) is 0 Å². The van der Waals surface area contributed by atoms with Gasteiger partial charge in [-0.3, -0.25) is 9.78 Å². The van der Waals surface area contributed by atoms with Crippen LogP contribution in [0.15, 0.2) is 48.8 Å². The number of methoxy groups -OCH3 is 1. The second kappa shape index (κ2) is 9.87. The minimum Gasteiger partial charge on any atom is -0.468 e. The van der Waals surface area contributed by atoms with E-state index in [1.165, 1.54) is 30.5 Å². The summed E-state index contributed by atoms with van der Waals surface area (Å²) in [6, 6.07) is 10.2. The van der Waals surface area contributed by atoms with Crippen molar-refractivity contribution in [3.63, 3.8) is 0 Å². The first-order valence-corrected chi connectivity index (χ1v) is 9.75. The van der Waals surface area contributed by atoms with Gasteiger partial charge in [0.15, 0.2) is 0 Å². The van der Waals surface area contributed by atoms with E-state index in [4.69, 9.17) is 14.5 Å². The molecule has 30 heavy (non-hydrogen) atoms. The molecule has 3 rings (SSSR count). The van der Waals surface area contributed by atoms with Crippen molar-refractivity contribution in [2.75, 3.05) is 13.7 Å². The van der Waals surface area contributed by atoms with E-state index in [2.05, 4.69) is 4.98 Å². The van der Waals surface area contributed by atoms with E-state index >= 15 is 0 Å². The molecule has 1 aliphatic rings. The van der Waals surface area contributed by atoms with Crippen LogP contribution in [-0.4, -0.2) is 47.6 Å². The summed E-state index contributed by atoms with van der Waals surface area (Å²) in [6.07, 6.45) is 4.36. The Morgan fingerprint density at radius 2 is 1.87 bits per heavy atom. The highest BCUT2D eigenvalue weighted by molar-refractivity contribution is 5.90. The molecule has 158 valence electrons. The van der Waals surface area contributed by atoms with Crippen molar-refractivity contribution in [1.29, 1.82) is 0 Å². The average molecular weight is 412 g/mol. The lowest BCUT2D eigenvalue weighted by Gasteiger charge is -2.38. The number of benzene rings is 1. The van der Waals surface area contributed by atoms with Crippen LogP contribution < -0.4 is 0 Å². The van der Waals surface area contributed by atoms with Crippen molar-refractivity contribution in [3.05, 3.63) is 65.5 Å². The number of esters is 1. The lowest BCUT2D eigenvalue weighted by molar-refractivity contribution is -0.195. The highest BCUT2D eigenvalue weighted by atomic mass is 17.2. The standard InChI is InChI=1S/C22H24N2O6/c1-15-14-23-12-11-17(15)20(25)29-30-22(27)24-13-7-6-10-18(24)19(21(26)28-2)16-8-4-3-5-9-16/h3-5,8-9,11-12,14,18-19H,6-7,10,13H2,1-2H3. The smallest absolute Gasteiger partial charge is 0.453 e. The fourth-order valence-corrected chi connectivity index (χ4v) is 3.70. The van der Waals surface area contributed by atoms with E-state index in [1.807, 2.05) is 30.3 Å². The quantitative estimate of drug-likeness (QED) is 0.431. The maximum atomic E-state index is 12.7. The number of aromatic nitrogens is 1. The number of hydrogen-bond donors (Lipinski definition) is 0. The van der Waals surface area contributed by atoms with Gasteiger partial charge in [-0.25, -0.2) is 19.4 Å². The number of nitrogens with zero attached hydrogens (tertiary/aromatic N) is 2. The first kappa shape index (κ1) is 21.3. The van der Waals surface area contributed by atoms with Crippen LogP contribution in [-0.2, 0) is 19.3 Å². The van der Waals surface area contributed by atoms with Crippen LogP contribution in [0.25, 0.3) is 0 Å². The summed E-state index contributed by atoms with van der Waals surface area (Å²) in [7, 11) is 1.32. The van der Waals surface area contributed by atoms with Crippen molar-refractivity contribution in [2.24, 2.45) is 0 Å². The molecule has 2 aromatic rings. The maximum absolute atomic E-state index is 12.7. The third-order valence-electron chi connectivity index (χ3n) is 5.21. The predicted octanol–water partition coefficient (Wildman–Crippen LogP) is 3.41. The van der Waals surface area contributed by atoms with Crippen LogP contribution in [0.3, 0.4) is 0 Å². The normalized spacial score (nSPS) is 17.0. The maximum Gasteiger partial charge on any atom is 0.453 e. The summed E-state index contributed by atoms with van der Waals surface area (Å²) in [5.41, 5.74) is 1.60. The number of likely N-dealkylation sites (tertiary alicyclic amines) is 1. The fraction of sp³-hybridized carbons (Fsp3) is 0.364. The molecule has 0 bridgehead atoms. The van der Waals surface area contributed by atoms with Gasteiger partial charge in [0.1, 0.15) is 5.92 Å². The molecule has 1 saturated heterocycles. The Morgan fingerprint density at radius 3 is 2.57 bits per heavy atom. The van der Waals surface area contributed by atoms with Crippen LogP contribution in [0.5, 0.6) is 0 Å². The molecule has 0 N–H and O–H groups in total. The molecule has 1 aliphatic heterocycles. The Kier molecular flexibility index (Phi) is 7.00. The van der Waals surface area contributed by atoms with Gasteiger partial charge >= 0.3 is 18.0 Å². The Hall–Kier alpha value is -3.42. The molecule has 0 aliphatic carbocycles. The molecule has 0 spiro atoms. The zero-order valence-corrected chi connectivity index (χ0v) is 16.9. The van der Waals surface area contributed by atoms with E-state index in [0.29, 0.717) is 18.5 Å². The number of rotatable bonds is 4. The summed E-state index contributed by atoms with van der Waals surface area (Å²) in [5.74, 6) is -1.89. The van der Waals surface area contributed by atoms with Gasteiger partial charge < -0.3 is 9.64 Å². The molecule has 8 nitrogen and oxygen atoms in total. The van der Waals surface area contributed by atoms with Gasteiger partial charge in [-0.1, -0.05) is 30.3 Å². The molecule has 2 atom stereocenters. The topological polar surface area (TPSA) is 95.0 Å². The van der Waals surface area contributed by atoms with E-state index in [0.717, 1.165) is 18.4 Å². The third kappa shape index (κ3) is 4.76. The zero-order chi connectivity index (χ0) is 21.5. The first-order valence-electron chi connectivity index (χ1n) is 9.75. The second-order valence-electron chi connectivity index (χ2n) is 7.08. The number of carbonyl (C=O) groups excluding carboxylic acids is 3. The van der Waals surface area contributed by atoms with Crippen molar-refractivity contribution >= 4 is 18.0 Å². The molecular weight excluding hydrogens is 388 g/mol. The highest BCUT2D eigenvalue weighted by Gasteiger charge is 2.40. The Bertz CT molecular complexity index is 902. The van der Waals surface area contributed by atoms with Crippen molar-refractivity contribution < 1.29 is 28.9 Å². The van der Waals surface area contributed by atoms with E-state index in [1.54, 1.807) is 6.92 Å². The molecule has 1 aromatic heterocycles. The lowest BCUT2D eigenvalue weighted by Crippen LogP contribution is -2.49. The van der Waals surface area contributed by atoms with Crippen LogP contribution in [0.4, 0.5) is 4.79 Å². The van der Waals surface area contributed by atoms with Crippen LogP contribution in [0, 0.1) is 6.92 Å². The van der Waals surface area contributed by atoms with Gasteiger partial charge in [-0.05, 0) is 43.4 Å². The summed E-state index contributed by atoms with van der Waals surface area (Å²) in [5, 5.41) is 0. The number of aryl methyl sites for hydroxylation is 1. The van der Waals surface area contributed by atoms with Gasteiger partial charge in [0.25, 0.3) is 0 Å². The Morgan fingerprint density at radius 1 is 1.10 bits per heavy atom. The lowest BCUT2D eigenvalue weighted by atomic mass is 9.85. The Balaban J connectivity index is 1.75. The van der Waals surface area contributed by atoms with Crippen LogP contribution >= 0.6 is 0 Å². The molecule has 0 radical (unpaired) electrons. The average Bonchev–Trinajstić information content (AvgIpc) is 2.78. The van der Waals surface area contributed by atoms with Gasteiger partial charge in [0.2, 0.25) is 0 Å². The molecular formula is C22H24N2O6. The van der Waals surface area contributed by atoms with Crippen molar-refractivity contribution in [3.8, 4) is 0 Å². The molecule has 8 heteroatoms. The van der Waals surface area contributed by atoms with Crippen molar-refractivity contribution in [2.45, 2.75) is 38.1 Å². The van der Waals surface area contributed by atoms with Gasteiger partial charge in [-0.2, -0.15) is 0 Å². The summed E-state index contributed by atoms with van der Waals surface area (Å²) < 4.78 is 5.01. The number of pyridine rings is 1. The SMILES string of the molecule is COC(=O)C(c1ccccc1)C1CCCCN1C(=O)OOC(=O)c1ccncc1C. The molecule has 0 saturated carbocycles. The van der Waals surface area contributed by atoms with Crippen molar-refractivity contribution in [1.82, 2.24) is 9.88 Å². The second-order valence-corrected chi connectivity index (χ2v) is 7.08. The monoisotopic (exact) mass is 412 g/mol. The molecule has 1 amide bonds. The van der Waals surface area contributed by atoms with E-state index in [-0.39, 0.29) is 5.56 Å². The Labute approximate surface area is 174 Å². The predicted molar refractivity (Wildman–Crippen MR) is 106 cm³/mol. The fourth-order valence-electron chi connectivity index (χ4n) is 3.70. The third-order valence-corrected chi connectivity index (χ3v) is 5.21. The summed E-state index contributed by atoms with van der Waals surface area (Å²) in [6.45, 7) is 2.09. The largest absolute Gasteiger partial charge is 0.468 e. The van der Waals surface area contributed by atoms with E-state index < -0.39 is 30.0 Å². The van der Waals surface area contributed by atoms with Gasteiger partial charge in [0, 0.05) is 18.9 Å². The molecule has 2 heterocycles. The zero-order valence-electron chi connectivity index (χ0n) is 16.9. The molecule has 1 fully saturated rings. The minimum atomic E-state index is -0.815. The molecule has 2 unspecified atom stereocenters.